The zero-order valence-corrected chi connectivity index (χ0v) is 11.1. The third-order valence-electron chi connectivity index (χ3n) is 3.56. The van der Waals surface area contributed by atoms with E-state index in [1.54, 1.807) is 6.20 Å². The van der Waals surface area contributed by atoms with Crippen LogP contribution in [0, 0.1) is 6.92 Å². The minimum absolute atomic E-state index is 0.724. The highest BCUT2D eigenvalue weighted by molar-refractivity contribution is 6.08. The van der Waals surface area contributed by atoms with Crippen molar-refractivity contribution in [3.05, 3.63) is 66.5 Å². The smallest absolute Gasteiger partial charge is 0.234 e. The van der Waals surface area contributed by atoms with Crippen molar-refractivity contribution in [3.63, 3.8) is 0 Å². The fraction of sp³-hybridized carbons (Fsp3) is 0.0588. The van der Waals surface area contributed by atoms with E-state index in [0.717, 1.165) is 22.7 Å². The largest absolute Gasteiger partial charge is 0.278 e. The third kappa shape index (κ3) is 1.53. The lowest BCUT2D eigenvalue weighted by Gasteiger charge is -2.05. The standard InChI is InChI=1S/C17H13N3/c1-12-10-11-18-17(19-12)20-15-8-4-2-6-13(15)14-7-3-5-9-16(14)20/h2-11H,1H3. The Morgan fingerprint density at radius 1 is 0.800 bits per heavy atom. The summed E-state index contributed by atoms with van der Waals surface area (Å²) in [5.41, 5.74) is 3.25. The minimum Gasteiger partial charge on any atom is -0.278 e. The van der Waals surface area contributed by atoms with E-state index in [1.165, 1.54) is 10.8 Å². The maximum atomic E-state index is 4.57. The van der Waals surface area contributed by atoms with Crippen LogP contribution in [0.2, 0.25) is 0 Å². The molecule has 3 nitrogen and oxygen atoms in total. The molecule has 0 saturated heterocycles. The molecule has 0 aliphatic rings. The van der Waals surface area contributed by atoms with Crippen LogP contribution >= 0.6 is 0 Å². The molecule has 4 aromatic rings. The van der Waals surface area contributed by atoms with E-state index in [4.69, 9.17) is 0 Å². The summed E-state index contributed by atoms with van der Waals surface area (Å²) < 4.78 is 2.12. The first kappa shape index (κ1) is 11.2. The lowest BCUT2D eigenvalue weighted by atomic mass is 10.2. The predicted molar refractivity (Wildman–Crippen MR) is 81.1 cm³/mol. The SMILES string of the molecule is Cc1ccnc(-n2c3ccccc3c3ccccc32)n1. The molecule has 0 bridgehead atoms. The van der Waals surface area contributed by atoms with Gasteiger partial charge in [-0.1, -0.05) is 36.4 Å². The lowest BCUT2D eigenvalue weighted by molar-refractivity contribution is 0.964. The van der Waals surface area contributed by atoms with Crippen LogP contribution in [-0.4, -0.2) is 14.5 Å². The molecular formula is C17H13N3. The molecule has 0 aliphatic heterocycles. The van der Waals surface area contributed by atoms with Gasteiger partial charge in [0.25, 0.3) is 0 Å². The first-order valence-corrected chi connectivity index (χ1v) is 6.63. The number of aryl methyl sites for hydroxylation is 1. The Labute approximate surface area is 116 Å². The minimum atomic E-state index is 0.724. The third-order valence-corrected chi connectivity index (χ3v) is 3.56. The molecule has 4 rings (SSSR count). The van der Waals surface area contributed by atoms with E-state index in [2.05, 4.69) is 50.9 Å². The van der Waals surface area contributed by atoms with Gasteiger partial charge in [0.05, 0.1) is 11.0 Å². The molecule has 2 aromatic carbocycles. The molecule has 2 heterocycles. The monoisotopic (exact) mass is 259 g/mol. The van der Waals surface area contributed by atoms with E-state index < -0.39 is 0 Å². The van der Waals surface area contributed by atoms with Crippen LogP contribution in [0.3, 0.4) is 0 Å². The molecular weight excluding hydrogens is 246 g/mol. The van der Waals surface area contributed by atoms with Crippen molar-refractivity contribution in [1.29, 1.82) is 0 Å². The number of fused-ring (bicyclic) bond motifs is 3. The maximum absolute atomic E-state index is 4.57. The summed E-state index contributed by atoms with van der Waals surface area (Å²) in [4.78, 5) is 9.00. The second-order valence-corrected chi connectivity index (χ2v) is 4.87. The fourth-order valence-corrected chi connectivity index (χ4v) is 2.68. The molecule has 0 radical (unpaired) electrons. The van der Waals surface area contributed by atoms with Crippen molar-refractivity contribution in [2.45, 2.75) is 6.92 Å². The Hall–Kier alpha value is -2.68. The van der Waals surface area contributed by atoms with Crippen molar-refractivity contribution >= 4 is 21.8 Å². The lowest BCUT2D eigenvalue weighted by Crippen LogP contribution is -2.01. The Kier molecular flexibility index (Phi) is 2.33. The van der Waals surface area contributed by atoms with Crippen LogP contribution in [-0.2, 0) is 0 Å². The summed E-state index contributed by atoms with van der Waals surface area (Å²) in [6.07, 6.45) is 1.81. The molecule has 0 spiro atoms. The van der Waals surface area contributed by atoms with Crippen LogP contribution < -0.4 is 0 Å². The number of benzene rings is 2. The quantitative estimate of drug-likeness (QED) is 0.519. The average Bonchev–Trinajstić information content (AvgIpc) is 2.82. The van der Waals surface area contributed by atoms with Crippen LogP contribution in [0.25, 0.3) is 27.8 Å². The Morgan fingerprint density at radius 2 is 1.40 bits per heavy atom. The van der Waals surface area contributed by atoms with E-state index in [0.29, 0.717) is 0 Å². The molecule has 96 valence electrons. The summed E-state index contributed by atoms with van der Waals surface area (Å²) in [7, 11) is 0. The number of para-hydroxylation sites is 2. The van der Waals surface area contributed by atoms with Crippen molar-refractivity contribution in [1.82, 2.24) is 14.5 Å². The zero-order chi connectivity index (χ0) is 13.5. The van der Waals surface area contributed by atoms with Crippen molar-refractivity contribution in [3.8, 4) is 5.95 Å². The van der Waals surface area contributed by atoms with Gasteiger partial charge in [-0.3, -0.25) is 4.57 Å². The zero-order valence-electron chi connectivity index (χ0n) is 11.1. The molecule has 0 aliphatic carbocycles. The van der Waals surface area contributed by atoms with Crippen LogP contribution in [0.1, 0.15) is 5.69 Å². The Balaban J connectivity index is 2.21. The summed E-state index contributed by atoms with van der Waals surface area (Å²) in [6, 6.07) is 18.7. The molecule has 2 aromatic heterocycles. The highest BCUT2D eigenvalue weighted by Crippen LogP contribution is 2.30. The average molecular weight is 259 g/mol. The molecule has 0 unspecified atom stereocenters. The number of hydrogen-bond acceptors (Lipinski definition) is 2. The summed E-state index contributed by atoms with van der Waals surface area (Å²) in [6.45, 7) is 1.99. The van der Waals surface area contributed by atoms with Crippen molar-refractivity contribution in [2.75, 3.05) is 0 Å². The molecule has 20 heavy (non-hydrogen) atoms. The fourth-order valence-electron chi connectivity index (χ4n) is 2.68. The molecule has 3 heteroatoms. The summed E-state index contributed by atoms with van der Waals surface area (Å²) >= 11 is 0. The molecule has 0 saturated carbocycles. The van der Waals surface area contributed by atoms with E-state index in [9.17, 15) is 0 Å². The van der Waals surface area contributed by atoms with E-state index in [1.807, 2.05) is 25.1 Å². The molecule has 0 fully saturated rings. The topological polar surface area (TPSA) is 30.7 Å². The second kappa shape index (κ2) is 4.17. The van der Waals surface area contributed by atoms with Crippen molar-refractivity contribution < 1.29 is 0 Å². The van der Waals surface area contributed by atoms with Gasteiger partial charge in [-0.2, -0.15) is 0 Å². The van der Waals surface area contributed by atoms with E-state index >= 15 is 0 Å². The molecule has 0 amide bonds. The van der Waals surface area contributed by atoms with Gasteiger partial charge in [0.2, 0.25) is 5.95 Å². The summed E-state index contributed by atoms with van der Waals surface area (Å²) in [5.74, 6) is 0.724. The highest BCUT2D eigenvalue weighted by Gasteiger charge is 2.12. The van der Waals surface area contributed by atoms with Crippen LogP contribution in [0.5, 0.6) is 0 Å². The van der Waals surface area contributed by atoms with Gasteiger partial charge in [-0.25, -0.2) is 9.97 Å². The summed E-state index contributed by atoms with van der Waals surface area (Å²) in [5, 5.41) is 2.46. The molecule has 0 N–H and O–H groups in total. The van der Waals surface area contributed by atoms with Gasteiger partial charge in [0.1, 0.15) is 0 Å². The number of nitrogens with zero attached hydrogens (tertiary/aromatic N) is 3. The second-order valence-electron chi connectivity index (χ2n) is 4.87. The van der Waals surface area contributed by atoms with Gasteiger partial charge in [0, 0.05) is 22.7 Å². The van der Waals surface area contributed by atoms with E-state index in [-0.39, 0.29) is 0 Å². The van der Waals surface area contributed by atoms with Gasteiger partial charge in [0.15, 0.2) is 0 Å². The number of aromatic nitrogens is 3. The Bertz CT molecular complexity index is 868. The van der Waals surface area contributed by atoms with Crippen LogP contribution in [0.15, 0.2) is 60.8 Å². The van der Waals surface area contributed by atoms with Gasteiger partial charge >= 0.3 is 0 Å². The maximum Gasteiger partial charge on any atom is 0.234 e. The first-order valence-electron chi connectivity index (χ1n) is 6.63. The normalized spacial score (nSPS) is 11.2. The highest BCUT2D eigenvalue weighted by atomic mass is 15.2. The van der Waals surface area contributed by atoms with Crippen molar-refractivity contribution in [2.24, 2.45) is 0 Å². The first-order chi connectivity index (χ1) is 9.84. The van der Waals surface area contributed by atoms with Gasteiger partial charge in [-0.15, -0.1) is 0 Å². The molecule has 0 atom stereocenters. The van der Waals surface area contributed by atoms with Gasteiger partial charge in [-0.05, 0) is 25.1 Å². The number of hydrogen-bond donors (Lipinski definition) is 0. The van der Waals surface area contributed by atoms with Crippen LogP contribution in [0.4, 0.5) is 0 Å². The Morgan fingerprint density at radius 3 is 2.00 bits per heavy atom. The van der Waals surface area contributed by atoms with Gasteiger partial charge < -0.3 is 0 Å². The number of rotatable bonds is 1. The predicted octanol–water partition coefficient (Wildman–Crippen LogP) is 3.88.